The molecule has 2 aromatic rings. The number of ether oxygens (including phenoxy) is 1. The van der Waals surface area contributed by atoms with Crippen molar-refractivity contribution < 1.29 is 9.66 Å². The molecule has 1 heterocycles. The van der Waals surface area contributed by atoms with Gasteiger partial charge in [0.25, 0.3) is 0 Å². The van der Waals surface area contributed by atoms with Crippen LogP contribution in [-0.2, 0) is 4.74 Å². The second kappa shape index (κ2) is 7.89. The highest BCUT2D eigenvalue weighted by molar-refractivity contribution is 5.76. The minimum absolute atomic E-state index is 0.174. The number of rotatable bonds is 7. The third-order valence-corrected chi connectivity index (χ3v) is 3.70. The first kappa shape index (κ1) is 18.6. The molecular formula is C17H23N5O3. The highest BCUT2D eigenvalue weighted by Gasteiger charge is 2.25. The molecule has 2 rings (SSSR count). The van der Waals surface area contributed by atoms with Crippen LogP contribution in [0.1, 0.15) is 22.5 Å². The summed E-state index contributed by atoms with van der Waals surface area (Å²) < 4.78 is 4.97. The van der Waals surface area contributed by atoms with Crippen molar-refractivity contribution in [3.05, 3.63) is 44.8 Å². The smallest absolute Gasteiger partial charge is 0.353 e. The minimum Gasteiger partial charge on any atom is -0.383 e. The van der Waals surface area contributed by atoms with Crippen molar-refractivity contribution in [1.29, 1.82) is 0 Å². The van der Waals surface area contributed by atoms with Crippen LogP contribution in [-0.4, -0.2) is 35.2 Å². The fourth-order valence-corrected chi connectivity index (χ4v) is 2.72. The molecule has 0 fully saturated rings. The van der Waals surface area contributed by atoms with Gasteiger partial charge in [0.15, 0.2) is 0 Å². The second-order valence-electron chi connectivity index (χ2n) is 5.89. The summed E-state index contributed by atoms with van der Waals surface area (Å²) in [6, 6.07) is 4.04. The van der Waals surface area contributed by atoms with Crippen molar-refractivity contribution in [2.75, 3.05) is 30.9 Å². The lowest BCUT2D eigenvalue weighted by molar-refractivity contribution is -0.383. The van der Waals surface area contributed by atoms with Crippen molar-refractivity contribution >= 4 is 23.0 Å². The fourth-order valence-electron chi connectivity index (χ4n) is 2.72. The van der Waals surface area contributed by atoms with E-state index in [1.165, 1.54) is 0 Å². The van der Waals surface area contributed by atoms with E-state index in [4.69, 9.17) is 4.74 Å². The molecule has 1 aromatic carbocycles. The van der Waals surface area contributed by atoms with E-state index in [9.17, 15) is 10.1 Å². The third kappa shape index (κ3) is 4.42. The van der Waals surface area contributed by atoms with Gasteiger partial charge >= 0.3 is 5.69 Å². The Morgan fingerprint density at radius 2 is 1.72 bits per heavy atom. The van der Waals surface area contributed by atoms with E-state index in [-0.39, 0.29) is 17.3 Å². The van der Waals surface area contributed by atoms with Gasteiger partial charge in [-0.2, -0.15) is 0 Å². The van der Waals surface area contributed by atoms with Gasteiger partial charge in [-0.1, -0.05) is 17.7 Å². The first-order valence-electron chi connectivity index (χ1n) is 7.94. The highest BCUT2D eigenvalue weighted by Crippen LogP contribution is 2.34. The van der Waals surface area contributed by atoms with Gasteiger partial charge in [-0.3, -0.25) is 10.1 Å². The molecule has 8 nitrogen and oxygen atoms in total. The molecule has 134 valence electrons. The largest absolute Gasteiger partial charge is 0.383 e. The lowest BCUT2D eigenvalue weighted by atomic mass is 10.1. The Labute approximate surface area is 146 Å². The molecule has 0 radical (unpaired) electrons. The van der Waals surface area contributed by atoms with Crippen LogP contribution in [0, 0.1) is 37.8 Å². The molecular weight excluding hydrogens is 322 g/mol. The average Bonchev–Trinajstić information content (AvgIpc) is 2.50. The number of aryl methyl sites for hydroxylation is 4. The van der Waals surface area contributed by atoms with E-state index in [1.807, 2.05) is 32.9 Å². The monoisotopic (exact) mass is 345 g/mol. The zero-order chi connectivity index (χ0) is 18.6. The van der Waals surface area contributed by atoms with E-state index >= 15 is 0 Å². The maximum absolute atomic E-state index is 11.6. The van der Waals surface area contributed by atoms with Crippen molar-refractivity contribution in [2.45, 2.75) is 27.7 Å². The number of benzene rings is 1. The van der Waals surface area contributed by atoms with Gasteiger partial charge < -0.3 is 15.4 Å². The Hall–Kier alpha value is -2.74. The van der Waals surface area contributed by atoms with E-state index in [1.54, 1.807) is 14.0 Å². The molecule has 0 aliphatic heterocycles. The summed E-state index contributed by atoms with van der Waals surface area (Å²) in [4.78, 5) is 19.6. The number of nitrogens with zero attached hydrogens (tertiary/aromatic N) is 3. The van der Waals surface area contributed by atoms with Crippen LogP contribution in [0.2, 0.25) is 0 Å². The molecule has 0 spiro atoms. The van der Waals surface area contributed by atoms with Gasteiger partial charge in [0.1, 0.15) is 5.82 Å². The molecule has 0 amide bonds. The first-order chi connectivity index (χ1) is 11.8. The standard InChI is InChI=1S/C17H23N5O3/c1-10-8-11(2)14(12(3)9-10)21-17-15(22(23)24)16(18-6-7-25-5)19-13(4)20-17/h8-9H,6-7H2,1-5H3,(H2,18,19,20,21). The van der Waals surface area contributed by atoms with Gasteiger partial charge in [0.05, 0.1) is 11.5 Å². The van der Waals surface area contributed by atoms with Crippen molar-refractivity contribution in [3.8, 4) is 0 Å². The van der Waals surface area contributed by atoms with E-state index in [0.717, 1.165) is 22.4 Å². The van der Waals surface area contributed by atoms with Gasteiger partial charge in [-0.05, 0) is 38.8 Å². The minimum atomic E-state index is -0.476. The van der Waals surface area contributed by atoms with Gasteiger partial charge in [0, 0.05) is 19.3 Å². The summed E-state index contributed by atoms with van der Waals surface area (Å²) in [6.45, 7) is 8.46. The summed E-state index contributed by atoms with van der Waals surface area (Å²) in [7, 11) is 1.57. The van der Waals surface area contributed by atoms with Crippen molar-refractivity contribution in [2.24, 2.45) is 0 Å². The molecule has 8 heteroatoms. The molecule has 0 saturated carbocycles. The number of nitrogens with one attached hydrogen (secondary N) is 2. The van der Waals surface area contributed by atoms with Crippen LogP contribution in [0.3, 0.4) is 0 Å². The number of anilines is 3. The SMILES string of the molecule is COCCNc1nc(C)nc(Nc2c(C)cc(C)cc2C)c1[N+](=O)[O-]. The quantitative estimate of drug-likeness (QED) is 0.450. The Bertz CT molecular complexity index is 769. The molecule has 2 N–H and O–H groups in total. The normalized spacial score (nSPS) is 10.6. The van der Waals surface area contributed by atoms with Crippen LogP contribution in [0.15, 0.2) is 12.1 Å². The maximum Gasteiger partial charge on any atom is 0.353 e. The lowest BCUT2D eigenvalue weighted by Crippen LogP contribution is -2.13. The van der Waals surface area contributed by atoms with Gasteiger partial charge in [-0.25, -0.2) is 9.97 Å². The molecule has 1 aromatic heterocycles. The molecule has 0 aliphatic carbocycles. The summed E-state index contributed by atoms with van der Waals surface area (Å²) in [5, 5.41) is 17.7. The summed E-state index contributed by atoms with van der Waals surface area (Å²) in [6.07, 6.45) is 0. The maximum atomic E-state index is 11.6. The lowest BCUT2D eigenvalue weighted by Gasteiger charge is -2.15. The van der Waals surface area contributed by atoms with Crippen LogP contribution < -0.4 is 10.6 Å². The molecule has 0 unspecified atom stereocenters. The Kier molecular flexibility index (Phi) is 5.87. The summed E-state index contributed by atoms with van der Waals surface area (Å²) in [5.74, 6) is 0.794. The van der Waals surface area contributed by atoms with Gasteiger partial charge in [-0.15, -0.1) is 0 Å². The van der Waals surface area contributed by atoms with Crippen LogP contribution in [0.5, 0.6) is 0 Å². The fraction of sp³-hybridized carbons (Fsp3) is 0.412. The molecule has 25 heavy (non-hydrogen) atoms. The highest BCUT2D eigenvalue weighted by atomic mass is 16.6. The predicted octanol–water partition coefficient (Wildman–Crippen LogP) is 3.42. The second-order valence-corrected chi connectivity index (χ2v) is 5.89. The van der Waals surface area contributed by atoms with Gasteiger partial charge in [0.2, 0.25) is 11.6 Å². The van der Waals surface area contributed by atoms with Crippen molar-refractivity contribution in [1.82, 2.24) is 9.97 Å². The molecule has 0 saturated heterocycles. The zero-order valence-electron chi connectivity index (χ0n) is 15.1. The van der Waals surface area contributed by atoms with E-state index in [0.29, 0.717) is 19.0 Å². The number of hydrogen-bond donors (Lipinski definition) is 2. The third-order valence-electron chi connectivity index (χ3n) is 3.70. The topological polar surface area (TPSA) is 102 Å². The van der Waals surface area contributed by atoms with Crippen molar-refractivity contribution in [3.63, 3.8) is 0 Å². The van der Waals surface area contributed by atoms with Crippen LogP contribution >= 0.6 is 0 Å². The van der Waals surface area contributed by atoms with E-state index in [2.05, 4.69) is 20.6 Å². The molecule has 0 aliphatic rings. The Morgan fingerprint density at radius 1 is 1.12 bits per heavy atom. The number of methoxy groups -OCH3 is 1. The number of hydrogen-bond acceptors (Lipinski definition) is 7. The number of nitro groups is 1. The first-order valence-corrected chi connectivity index (χ1v) is 7.94. The van der Waals surface area contributed by atoms with E-state index < -0.39 is 4.92 Å². The Balaban J connectivity index is 2.48. The molecule has 0 atom stereocenters. The van der Waals surface area contributed by atoms with Crippen LogP contribution in [0.4, 0.5) is 23.0 Å². The summed E-state index contributed by atoms with van der Waals surface area (Å²) in [5.41, 5.74) is 3.76. The predicted molar refractivity (Wildman–Crippen MR) is 97.7 cm³/mol. The average molecular weight is 345 g/mol. The molecule has 0 bridgehead atoms. The van der Waals surface area contributed by atoms with Crippen LogP contribution in [0.25, 0.3) is 0 Å². The Morgan fingerprint density at radius 3 is 2.28 bits per heavy atom. The number of aromatic nitrogens is 2. The zero-order valence-corrected chi connectivity index (χ0v) is 15.1. The summed E-state index contributed by atoms with van der Waals surface area (Å²) >= 11 is 0.